The fraction of sp³-hybridized carbons (Fsp3) is 0.250. The van der Waals surface area contributed by atoms with Gasteiger partial charge in [0.15, 0.2) is 0 Å². The SMILES string of the molecule is Bc1cccc([C@@H](C)N)c1. The maximum Gasteiger partial charge on any atom is 0.139 e. The zero-order valence-electron chi connectivity index (χ0n) is 6.46. The van der Waals surface area contributed by atoms with E-state index in [-0.39, 0.29) is 6.04 Å². The smallest absolute Gasteiger partial charge is 0.139 e. The largest absolute Gasteiger partial charge is 0.324 e. The third kappa shape index (κ3) is 1.61. The molecule has 1 aromatic carbocycles. The molecule has 0 aromatic heterocycles. The van der Waals surface area contributed by atoms with E-state index in [0.717, 1.165) is 0 Å². The van der Waals surface area contributed by atoms with Crippen molar-refractivity contribution in [3.8, 4) is 0 Å². The highest BCUT2D eigenvalue weighted by Crippen LogP contribution is 2.05. The van der Waals surface area contributed by atoms with Crippen LogP contribution < -0.4 is 11.2 Å². The first-order valence-electron chi connectivity index (χ1n) is 3.52. The minimum Gasteiger partial charge on any atom is -0.324 e. The zero-order valence-corrected chi connectivity index (χ0v) is 6.46. The molecule has 1 nitrogen and oxygen atoms in total. The normalized spacial score (nSPS) is 13.0. The van der Waals surface area contributed by atoms with Crippen LogP contribution in [0.25, 0.3) is 0 Å². The van der Waals surface area contributed by atoms with Crippen LogP contribution in [0.5, 0.6) is 0 Å². The van der Waals surface area contributed by atoms with Crippen LogP contribution in [0.15, 0.2) is 24.3 Å². The van der Waals surface area contributed by atoms with Crippen LogP contribution in [-0.2, 0) is 0 Å². The van der Waals surface area contributed by atoms with Crippen LogP contribution in [0.4, 0.5) is 0 Å². The summed E-state index contributed by atoms with van der Waals surface area (Å²) in [4.78, 5) is 0. The Kier molecular flexibility index (Phi) is 2.12. The average molecular weight is 133 g/mol. The van der Waals surface area contributed by atoms with Gasteiger partial charge in [-0.2, -0.15) is 0 Å². The molecule has 0 radical (unpaired) electrons. The maximum absolute atomic E-state index is 5.68. The predicted molar refractivity (Wildman–Crippen MR) is 47.2 cm³/mol. The summed E-state index contributed by atoms with van der Waals surface area (Å²) in [6.45, 7) is 1.99. The van der Waals surface area contributed by atoms with Crippen molar-refractivity contribution in [3.05, 3.63) is 29.8 Å². The van der Waals surface area contributed by atoms with E-state index in [1.165, 1.54) is 11.0 Å². The van der Waals surface area contributed by atoms with Gasteiger partial charge in [0.25, 0.3) is 0 Å². The number of nitrogens with two attached hydrogens (primary N) is 1. The summed E-state index contributed by atoms with van der Waals surface area (Å²) in [5.74, 6) is 0. The standard InChI is InChI=1S/C8H12BN/c1-6(10)7-3-2-4-8(9)5-7/h2-6H,9-10H2,1H3/t6-/m1/s1. The van der Waals surface area contributed by atoms with E-state index in [1.54, 1.807) is 0 Å². The molecule has 0 aliphatic heterocycles. The minimum absolute atomic E-state index is 0.153. The Morgan fingerprint density at radius 2 is 2.20 bits per heavy atom. The van der Waals surface area contributed by atoms with Crippen molar-refractivity contribution in [2.75, 3.05) is 0 Å². The Labute approximate surface area is 62.7 Å². The van der Waals surface area contributed by atoms with E-state index < -0.39 is 0 Å². The van der Waals surface area contributed by atoms with Gasteiger partial charge in [-0.05, 0) is 12.5 Å². The third-order valence-electron chi connectivity index (χ3n) is 1.57. The van der Waals surface area contributed by atoms with Crippen molar-refractivity contribution in [2.45, 2.75) is 13.0 Å². The fourth-order valence-corrected chi connectivity index (χ4v) is 0.953. The van der Waals surface area contributed by atoms with Crippen molar-refractivity contribution in [1.82, 2.24) is 0 Å². The first-order chi connectivity index (χ1) is 4.70. The molecule has 0 heterocycles. The van der Waals surface area contributed by atoms with Gasteiger partial charge in [0.2, 0.25) is 0 Å². The molecule has 0 saturated carbocycles. The van der Waals surface area contributed by atoms with Gasteiger partial charge in [0.05, 0.1) is 0 Å². The summed E-state index contributed by atoms with van der Waals surface area (Å²) in [5, 5.41) is 0. The van der Waals surface area contributed by atoms with Crippen LogP contribution in [0.3, 0.4) is 0 Å². The van der Waals surface area contributed by atoms with Gasteiger partial charge < -0.3 is 5.73 Å². The Bertz CT molecular complexity index is 220. The lowest BCUT2D eigenvalue weighted by Gasteiger charge is -2.04. The van der Waals surface area contributed by atoms with E-state index >= 15 is 0 Å². The summed E-state index contributed by atoms with van der Waals surface area (Å²) in [6.07, 6.45) is 0. The highest BCUT2D eigenvalue weighted by molar-refractivity contribution is 6.32. The van der Waals surface area contributed by atoms with Gasteiger partial charge >= 0.3 is 0 Å². The van der Waals surface area contributed by atoms with Crippen molar-refractivity contribution >= 4 is 13.3 Å². The summed E-state index contributed by atoms with van der Waals surface area (Å²) >= 11 is 0. The molecule has 1 atom stereocenters. The van der Waals surface area contributed by atoms with E-state index in [2.05, 4.69) is 26.0 Å². The van der Waals surface area contributed by atoms with E-state index in [0.29, 0.717) is 0 Å². The molecule has 1 rings (SSSR count). The van der Waals surface area contributed by atoms with Gasteiger partial charge in [-0.3, -0.25) is 0 Å². The topological polar surface area (TPSA) is 26.0 Å². The van der Waals surface area contributed by atoms with E-state index in [4.69, 9.17) is 5.73 Å². The zero-order chi connectivity index (χ0) is 7.56. The maximum atomic E-state index is 5.68. The molecule has 1 aromatic rings. The Hall–Kier alpha value is -0.755. The van der Waals surface area contributed by atoms with Gasteiger partial charge in [0.1, 0.15) is 7.85 Å². The number of rotatable bonds is 1. The van der Waals surface area contributed by atoms with Crippen molar-refractivity contribution < 1.29 is 0 Å². The second-order valence-electron chi connectivity index (χ2n) is 2.70. The predicted octanol–water partition coefficient (Wildman–Crippen LogP) is -0.0353. The molecular formula is C8H12BN. The van der Waals surface area contributed by atoms with Gasteiger partial charge in [0, 0.05) is 6.04 Å². The highest BCUT2D eigenvalue weighted by Gasteiger charge is 1.96. The summed E-state index contributed by atoms with van der Waals surface area (Å²) in [7, 11) is 2.08. The van der Waals surface area contributed by atoms with E-state index in [1.807, 2.05) is 13.0 Å². The first-order valence-corrected chi connectivity index (χ1v) is 3.52. The molecule has 0 unspecified atom stereocenters. The first kappa shape index (κ1) is 7.35. The lowest BCUT2D eigenvalue weighted by molar-refractivity contribution is 0.819. The Morgan fingerprint density at radius 3 is 2.60 bits per heavy atom. The third-order valence-corrected chi connectivity index (χ3v) is 1.57. The Balaban J connectivity index is 2.96. The van der Waals surface area contributed by atoms with Crippen LogP contribution in [0.1, 0.15) is 18.5 Å². The molecule has 0 bridgehead atoms. The Morgan fingerprint density at radius 1 is 1.50 bits per heavy atom. The quantitative estimate of drug-likeness (QED) is 0.534. The second kappa shape index (κ2) is 2.89. The number of benzene rings is 1. The number of hydrogen-bond acceptors (Lipinski definition) is 1. The van der Waals surface area contributed by atoms with Gasteiger partial charge in [-0.25, -0.2) is 0 Å². The van der Waals surface area contributed by atoms with Crippen LogP contribution in [0.2, 0.25) is 0 Å². The van der Waals surface area contributed by atoms with Gasteiger partial charge in [-0.1, -0.05) is 29.7 Å². The molecular weight excluding hydrogens is 121 g/mol. The monoisotopic (exact) mass is 133 g/mol. The molecule has 0 aliphatic rings. The van der Waals surface area contributed by atoms with Gasteiger partial charge in [-0.15, -0.1) is 0 Å². The molecule has 52 valence electrons. The van der Waals surface area contributed by atoms with Crippen molar-refractivity contribution in [1.29, 1.82) is 0 Å². The molecule has 2 N–H and O–H groups in total. The fourth-order valence-electron chi connectivity index (χ4n) is 0.953. The summed E-state index contributed by atoms with van der Waals surface area (Å²) in [6, 6.07) is 8.43. The number of hydrogen-bond donors (Lipinski definition) is 1. The molecule has 0 aliphatic carbocycles. The lowest BCUT2D eigenvalue weighted by Crippen LogP contribution is -2.09. The average Bonchev–Trinajstić information content (AvgIpc) is 1.88. The molecule has 0 saturated heterocycles. The second-order valence-corrected chi connectivity index (χ2v) is 2.70. The molecule has 10 heavy (non-hydrogen) atoms. The van der Waals surface area contributed by atoms with Crippen LogP contribution in [-0.4, -0.2) is 7.85 Å². The highest BCUT2D eigenvalue weighted by atomic mass is 14.6. The summed E-state index contributed by atoms with van der Waals surface area (Å²) in [5.41, 5.74) is 8.16. The molecule has 2 heteroatoms. The van der Waals surface area contributed by atoms with Crippen LogP contribution in [0, 0.1) is 0 Å². The molecule has 0 fully saturated rings. The van der Waals surface area contributed by atoms with E-state index in [9.17, 15) is 0 Å². The summed E-state index contributed by atoms with van der Waals surface area (Å²) < 4.78 is 0. The molecule has 0 spiro atoms. The molecule has 0 amide bonds. The van der Waals surface area contributed by atoms with Crippen molar-refractivity contribution in [2.24, 2.45) is 5.73 Å². The lowest BCUT2D eigenvalue weighted by atomic mass is 9.93. The van der Waals surface area contributed by atoms with Crippen LogP contribution >= 0.6 is 0 Å². The minimum atomic E-state index is 0.153. The van der Waals surface area contributed by atoms with Crippen molar-refractivity contribution in [3.63, 3.8) is 0 Å².